The number of fused-ring (bicyclic) bond motifs is 1. The Hall–Kier alpha value is -2.21. The number of thiophene rings is 1. The fourth-order valence-corrected chi connectivity index (χ4v) is 3.39. The average Bonchev–Trinajstić information content (AvgIpc) is 2.84. The van der Waals surface area contributed by atoms with Crippen LogP contribution in [0.1, 0.15) is 22.2 Å². The highest BCUT2D eigenvalue weighted by molar-refractivity contribution is 7.20. The minimum absolute atomic E-state index is 0.0979. The summed E-state index contributed by atoms with van der Waals surface area (Å²) in [5.41, 5.74) is 0.600. The van der Waals surface area contributed by atoms with Gasteiger partial charge < -0.3 is 4.90 Å². The molecular weight excluding hydrogens is 298 g/mol. The molecule has 0 spiro atoms. The third kappa shape index (κ3) is 2.74. The van der Waals surface area contributed by atoms with E-state index in [1.165, 1.54) is 17.7 Å². The van der Waals surface area contributed by atoms with Crippen LogP contribution in [0.4, 0.5) is 0 Å². The largest absolute Gasteiger partial charge is 0.331 e. The summed E-state index contributed by atoms with van der Waals surface area (Å²) in [5, 5.41) is 0.537. The fraction of sp³-hybridized carbons (Fsp3) is 0.312. The van der Waals surface area contributed by atoms with E-state index in [0.29, 0.717) is 40.3 Å². The predicted octanol–water partition coefficient (Wildman–Crippen LogP) is 2.60. The molecule has 2 aromatic rings. The van der Waals surface area contributed by atoms with E-state index in [9.17, 15) is 9.59 Å². The highest BCUT2D eigenvalue weighted by Crippen LogP contribution is 2.28. The quantitative estimate of drug-likeness (QED) is 0.770. The minimum atomic E-state index is -0.122. The van der Waals surface area contributed by atoms with Crippen LogP contribution in [-0.4, -0.2) is 33.4 Å². The molecule has 0 saturated heterocycles. The molecule has 116 valence electrons. The van der Waals surface area contributed by atoms with E-state index in [-0.39, 0.29) is 11.5 Å². The molecule has 0 aliphatic carbocycles. The van der Waals surface area contributed by atoms with Crippen molar-refractivity contribution < 1.29 is 4.79 Å². The standard InChI is InChI=1S/C16H19N3O2S/c1-5-8-19(9-6-2)16(21)13-11(4)12-14(22-13)17-10-18(7-3)15(12)20/h5-6,10H,1-2,7-9H2,3-4H3. The summed E-state index contributed by atoms with van der Waals surface area (Å²) < 4.78 is 1.54. The van der Waals surface area contributed by atoms with E-state index < -0.39 is 0 Å². The molecular formula is C16H19N3O2S. The first-order valence-corrected chi connectivity index (χ1v) is 7.86. The molecule has 2 aromatic heterocycles. The summed E-state index contributed by atoms with van der Waals surface area (Å²) in [6.45, 7) is 12.5. The summed E-state index contributed by atoms with van der Waals surface area (Å²) in [7, 11) is 0. The van der Waals surface area contributed by atoms with Crippen molar-refractivity contribution in [3.63, 3.8) is 0 Å². The number of hydrogen-bond acceptors (Lipinski definition) is 4. The van der Waals surface area contributed by atoms with Crippen molar-refractivity contribution in [1.29, 1.82) is 0 Å². The first-order chi connectivity index (χ1) is 10.5. The lowest BCUT2D eigenvalue weighted by Gasteiger charge is -2.18. The van der Waals surface area contributed by atoms with Crippen molar-refractivity contribution in [2.24, 2.45) is 0 Å². The molecule has 6 heteroatoms. The van der Waals surface area contributed by atoms with Crippen LogP contribution >= 0.6 is 11.3 Å². The number of aryl methyl sites for hydroxylation is 2. The van der Waals surface area contributed by atoms with Gasteiger partial charge in [0.1, 0.15) is 4.83 Å². The second-order valence-corrected chi connectivity index (χ2v) is 5.86. The zero-order valence-electron chi connectivity index (χ0n) is 12.8. The van der Waals surface area contributed by atoms with Crippen molar-refractivity contribution in [3.05, 3.63) is 52.4 Å². The summed E-state index contributed by atoms with van der Waals surface area (Å²) in [6, 6.07) is 0. The second-order valence-electron chi connectivity index (χ2n) is 4.86. The number of hydrogen-bond donors (Lipinski definition) is 0. The lowest BCUT2D eigenvalue weighted by Crippen LogP contribution is -2.31. The van der Waals surface area contributed by atoms with Gasteiger partial charge in [-0.3, -0.25) is 14.2 Å². The zero-order chi connectivity index (χ0) is 16.3. The van der Waals surface area contributed by atoms with Gasteiger partial charge >= 0.3 is 0 Å². The molecule has 0 radical (unpaired) electrons. The van der Waals surface area contributed by atoms with Gasteiger partial charge in [-0.2, -0.15) is 0 Å². The van der Waals surface area contributed by atoms with Gasteiger partial charge in [-0.1, -0.05) is 12.2 Å². The minimum Gasteiger partial charge on any atom is -0.331 e. The molecule has 22 heavy (non-hydrogen) atoms. The van der Waals surface area contributed by atoms with Gasteiger partial charge in [0.2, 0.25) is 0 Å². The first-order valence-electron chi connectivity index (χ1n) is 7.04. The van der Waals surface area contributed by atoms with Crippen molar-refractivity contribution in [2.45, 2.75) is 20.4 Å². The molecule has 0 aromatic carbocycles. The summed E-state index contributed by atoms with van der Waals surface area (Å²) in [4.78, 5) is 32.2. The smallest absolute Gasteiger partial charge is 0.264 e. The summed E-state index contributed by atoms with van der Waals surface area (Å²) in [5.74, 6) is -0.122. The van der Waals surface area contributed by atoms with Gasteiger partial charge in [0.05, 0.1) is 16.6 Å². The van der Waals surface area contributed by atoms with Gasteiger partial charge in [-0.15, -0.1) is 24.5 Å². The number of carbonyl (C=O) groups is 1. The van der Waals surface area contributed by atoms with E-state index in [1.807, 2.05) is 6.92 Å². The van der Waals surface area contributed by atoms with Gasteiger partial charge in [0.25, 0.3) is 11.5 Å². The molecule has 0 saturated carbocycles. The SMILES string of the molecule is C=CCN(CC=C)C(=O)c1sc2ncn(CC)c(=O)c2c1C. The molecule has 2 rings (SSSR count). The Bertz CT molecular complexity index is 779. The van der Waals surface area contributed by atoms with E-state index in [4.69, 9.17) is 0 Å². The first kappa shape index (κ1) is 16.2. The van der Waals surface area contributed by atoms with Crippen molar-refractivity contribution in [2.75, 3.05) is 13.1 Å². The maximum atomic E-state index is 12.7. The van der Waals surface area contributed by atoms with Crippen molar-refractivity contribution in [3.8, 4) is 0 Å². The molecule has 2 heterocycles. The van der Waals surface area contributed by atoms with Crippen LogP contribution in [0.5, 0.6) is 0 Å². The lowest BCUT2D eigenvalue weighted by molar-refractivity contribution is 0.0795. The van der Waals surface area contributed by atoms with Gasteiger partial charge in [0.15, 0.2) is 0 Å². The third-order valence-corrected chi connectivity index (χ3v) is 4.63. The van der Waals surface area contributed by atoms with Gasteiger partial charge in [-0.25, -0.2) is 4.98 Å². The van der Waals surface area contributed by atoms with Crippen LogP contribution < -0.4 is 5.56 Å². The Kier molecular flexibility index (Phi) is 4.92. The van der Waals surface area contributed by atoms with Crippen molar-refractivity contribution >= 4 is 27.5 Å². The average molecular weight is 317 g/mol. The Morgan fingerprint density at radius 1 is 1.41 bits per heavy atom. The van der Waals surface area contributed by atoms with E-state index >= 15 is 0 Å². The molecule has 0 aliphatic rings. The molecule has 0 aliphatic heterocycles. The predicted molar refractivity (Wildman–Crippen MR) is 90.6 cm³/mol. The Morgan fingerprint density at radius 3 is 2.59 bits per heavy atom. The molecule has 0 bridgehead atoms. The van der Waals surface area contributed by atoms with E-state index in [2.05, 4.69) is 18.1 Å². The van der Waals surface area contributed by atoms with E-state index in [1.54, 1.807) is 28.5 Å². The fourth-order valence-electron chi connectivity index (χ4n) is 2.28. The Morgan fingerprint density at radius 2 is 2.05 bits per heavy atom. The lowest BCUT2D eigenvalue weighted by atomic mass is 10.2. The topological polar surface area (TPSA) is 55.2 Å². The third-order valence-electron chi connectivity index (χ3n) is 3.44. The molecule has 5 nitrogen and oxygen atoms in total. The van der Waals surface area contributed by atoms with Crippen LogP contribution in [0.3, 0.4) is 0 Å². The van der Waals surface area contributed by atoms with Crippen LogP contribution in [0, 0.1) is 6.92 Å². The summed E-state index contributed by atoms with van der Waals surface area (Å²) >= 11 is 1.26. The van der Waals surface area contributed by atoms with Gasteiger partial charge in [0, 0.05) is 19.6 Å². The maximum Gasteiger partial charge on any atom is 0.264 e. The normalized spacial score (nSPS) is 10.6. The Balaban J connectivity index is 2.56. The Labute approximate surface area is 133 Å². The van der Waals surface area contributed by atoms with Crippen LogP contribution in [0.25, 0.3) is 10.2 Å². The van der Waals surface area contributed by atoms with Crippen molar-refractivity contribution in [1.82, 2.24) is 14.5 Å². The maximum absolute atomic E-state index is 12.7. The van der Waals surface area contributed by atoms with Crippen LogP contribution in [-0.2, 0) is 6.54 Å². The van der Waals surface area contributed by atoms with Crippen LogP contribution in [0.2, 0.25) is 0 Å². The second kappa shape index (κ2) is 6.70. The zero-order valence-corrected chi connectivity index (χ0v) is 13.7. The molecule has 1 amide bonds. The number of nitrogens with zero attached hydrogens (tertiary/aromatic N) is 3. The van der Waals surface area contributed by atoms with Crippen LogP contribution in [0.15, 0.2) is 36.4 Å². The summed E-state index contributed by atoms with van der Waals surface area (Å²) in [6.07, 6.45) is 4.87. The molecule has 0 fully saturated rings. The number of aromatic nitrogens is 2. The number of carbonyl (C=O) groups excluding carboxylic acids is 1. The molecule has 0 atom stereocenters. The highest BCUT2D eigenvalue weighted by atomic mass is 32.1. The van der Waals surface area contributed by atoms with E-state index in [0.717, 1.165) is 0 Å². The van der Waals surface area contributed by atoms with Gasteiger partial charge in [-0.05, 0) is 19.4 Å². The number of amides is 1. The molecule has 0 unspecified atom stereocenters. The number of rotatable bonds is 6. The monoisotopic (exact) mass is 317 g/mol. The highest BCUT2D eigenvalue weighted by Gasteiger charge is 2.22. The molecule has 0 N–H and O–H groups in total.